The minimum absolute atomic E-state index is 0.0157. The third-order valence-corrected chi connectivity index (χ3v) is 7.69. The maximum absolute atomic E-state index is 12.9. The molecule has 0 amide bonds. The van der Waals surface area contributed by atoms with Crippen molar-refractivity contribution in [3.63, 3.8) is 0 Å². The molecule has 0 N–H and O–H groups in total. The molecule has 0 aliphatic rings. The average Bonchev–Trinajstić information content (AvgIpc) is 3.08. The highest BCUT2D eigenvalue weighted by Gasteiger charge is 2.27. The molecule has 0 heterocycles. The highest BCUT2D eigenvalue weighted by Crippen LogP contribution is 2.35. The first-order chi connectivity index (χ1) is 23.2. The summed E-state index contributed by atoms with van der Waals surface area (Å²) >= 11 is 0. The van der Waals surface area contributed by atoms with Crippen LogP contribution in [0.2, 0.25) is 0 Å². The molecule has 0 unspecified atom stereocenters. The van der Waals surface area contributed by atoms with E-state index >= 15 is 0 Å². The molecule has 0 fully saturated rings. The van der Waals surface area contributed by atoms with Crippen LogP contribution in [-0.2, 0) is 15.9 Å². The SMILES string of the molecule is COC(=O)c1ccc(OCCCCc2cccc(Oc3ccccc3)c2)c(OCC=C(C)CCC=C(C)CCC=C(C)C)c1C(=O)OC. The van der Waals surface area contributed by atoms with E-state index in [9.17, 15) is 9.59 Å². The lowest BCUT2D eigenvalue weighted by Crippen LogP contribution is -2.15. The van der Waals surface area contributed by atoms with Gasteiger partial charge < -0.3 is 23.7 Å². The van der Waals surface area contributed by atoms with E-state index in [1.165, 1.54) is 37.0 Å². The van der Waals surface area contributed by atoms with Crippen LogP contribution in [0.3, 0.4) is 0 Å². The Bertz CT molecular complexity index is 1560. The zero-order valence-corrected chi connectivity index (χ0v) is 29.3. The van der Waals surface area contributed by atoms with Crippen molar-refractivity contribution in [3.05, 3.63) is 118 Å². The molecular formula is C41H50O7. The van der Waals surface area contributed by atoms with E-state index in [0.717, 1.165) is 62.0 Å². The molecule has 0 spiro atoms. The van der Waals surface area contributed by atoms with E-state index in [-0.39, 0.29) is 23.5 Å². The number of benzene rings is 3. The van der Waals surface area contributed by atoms with Crippen molar-refractivity contribution in [2.75, 3.05) is 27.4 Å². The van der Waals surface area contributed by atoms with Crippen molar-refractivity contribution in [2.24, 2.45) is 0 Å². The monoisotopic (exact) mass is 654 g/mol. The van der Waals surface area contributed by atoms with Crippen LogP contribution in [-0.4, -0.2) is 39.4 Å². The number of hydrogen-bond donors (Lipinski definition) is 0. The zero-order valence-electron chi connectivity index (χ0n) is 29.3. The van der Waals surface area contributed by atoms with E-state index in [1.807, 2.05) is 54.6 Å². The predicted octanol–water partition coefficient (Wildman–Crippen LogP) is 10.3. The fraction of sp³-hybridized carbons (Fsp3) is 0.366. The second-order valence-corrected chi connectivity index (χ2v) is 11.9. The Balaban J connectivity index is 1.64. The van der Waals surface area contributed by atoms with E-state index < -0.39 is 11.9 Å². The first kappa shape index (κ1) is 37.7. The van der Waals surface area contributed by atoms with E-state index in [4.69, 9.17) is 23.7 Å². The fourth-order valence-corrected chi connectivity index (χ4v) is 5.01. The van der Waals surface area contributed by atoms with Gasteiger partial charge in [0, 0.05) is 0 Å². The van der Waals surface area contributed by atoms with Gasteiger partial charge in [0.1, 0.15) is 23.7 Å². The quantitative estimate of drug-likeness (QED) is 0.0723. The molecule has 0 aromatic heterocycles. The first-order valence-electron chi connectivity index (χ1n) is 16.6. The van der Waals surface area contributed by atoms with Crippen molar-refractivity contribution in [2.45, 2.75) is 72.6 Å². The van der Waals surface area contributed by atoms with Gasteiger partial charge in [-0.2, -0.15) is 0 Å². The Morgan fingerprint density at radius 3 is 2.08 bits per heavy atom. The summed E-state index contributed by atoms with van der Waals surface area (Å²) in [6, 6.07) is 20.9. The number of hydrogen-bond acceptors (Lipinski definition) is 7. The summed E-state index contributed by atoms with van der Waals surface area (Å²) < 4.78 is 28.2. The first-order valence-corrected chi connectivity index (χ1v) is 16.6. The summed E-state index contributed by atoms with van der Waals surface area (Å²) in [5.41, 5.74) is 5.09. The van der Waals surface area contributed by atoms with E-state index in [0.29, 0.717) is 12.4 Å². The molecule has 0 atom stereocenters. The largest absolute Gasteiger partial charge is 0.490 e. The Labute approximate surface area is 286 Å². The third-order valence-electron chi connectivity index (χ3n) is 7.69. The molecule has 7 heteroatoms. The standard InChI is InChI=1S/C41H50O7/c1-30(2)15-12-16-31(3)17-13-18-32(4)26-28-47-39-37(25-24-36(40(42)44-5)38(39)41(43)45-6)46-27-11-10-19-33-20-14-23-35(29-33)48-34-21-8-7-9-22-34/h7-9,14-15,17,20-26,29H,10-13,16,18-19,27-28H2,1-6H3. The molecule has 3 aromatic carbocycles. The van der Waals surface area contributed by atoms with Gasteiger partial charge in [-0.25, -0.2) is 9.59 Å². The van der Waals surface area contributed by atoms with Gasteiger partial charge >= 0.3 is 11.9 Å². The molecule has 48 heavy (non-hydrogen) atoms. The molecule has 0 radical (unpaired) electrons. The van der Waals surface area contributed by atoms with E-state index in [1.54, 1.807) is 6.07 Å². The number of carbonyl (C=O) groups excluding carboxylic acids is 2. The number of aryl methyl sites for hydroxylation is 1. The number of methoxy groups -OCH3 is 2. The molecule has 0 saturated carbocycles. The number of unbranched alkanes of at least 4 members (excludes halogenated alkanes) is 1. The number of esters is 2. The van der Waals surface area contributed by atoms with Crippen LogP contribution in [0.1, 0.15) is 92.5 Å². The Hall–Kier alpha value is -4.78. The van der Waals surface area contributed by atoms with Gasteiger partial charge in [0.15, 0.2) is 11.5 Å². The summed E-state index contributed by atoms with van der Waals surface area (Å²) in [6.07, 6.45) is 13.0. The highest BCUT2D eigenvalue weighted by atomic mass is 16.5. The fourth-order valence-electron chi connectivity index (χ4n) is 5.01. The third kappa shape index (κ3) is 12.8. The van der Waals surface area contributed by atoms with Crippen molar-refractivity contribution in [3.8, 4) is 23.0 Å². The zero-order chi connectivity index (χ0) is 34.7. The molecule has 0 saturated heterocycles. The molecular weight excluding hydrogens is 604 g/mol. The minimum Gasteiger partial charge on any atom is -0.490 e. The lowest BCUT2D eigenvalue weighted by molar-refractivity contribution is 0.0550. The number of allylic oxidation sites excluding steroid dienone is 5. The van der Waals surface area contributed by atoms with Gasteiger partial charge in [-0.3, -0.25) is 0 Å². The maximum atomic E-state index is 12.9. The Morgan fingerprint density at radius 2 is 1.38 bits per heavy atom. The summed E-state index contributed by atoms with van der Waals surface area (Å²) in [5.74, 6) is 0.747. The average molecular weight is 655 g/mol. The van der Waals surface area contributed by atoms with Gasteiger partial charge in [-0.1, -0.05) is 59.2 Å². The maximum Gasteiger partial charge on any atom is 0.342 e. The molecule has 0 aliphatic carbocycles. The second-order valence-electron chi connectivity index (χ2n) is 11.9. The predicted molar refractivity (Wildman–Crippen MR) is 191 cm³/mol. The minimum atomic E-state index is -0.706. The highest BCUT2D eigenvalue weighted by molar-refractivity contribution is 6.05. The smallest absolute Gasteiger partial charge is 0.342 e. The number of rotatable bonds is 19. The normalized spacial score (nSPS) is 11.5. The number of para-hydroxylation sites is 1. The summed E-state index contributed by atoms with van der Waals surface area (Å²) in [6.45, 7) is 9.06. The lowest BCUT2D eigenvalue weighted by atomic mass is 10.1. The molecule has 256 valence electrons. The summed E-state index contributed by atoms with van der Waals surface area (Å²) in [4.78, 5) is 25.5. The Morgan fingerprint density at radius 1 is 0.688 bits per heavy atom. The summed E-state index contributed by atoms with van der Waals surface area (Å²) in [7, 11) is 2.53. The van der Waals surface area contributed by atoms with Crippen LogP contribution >= 0.6 is 0 Å². The molecule has 0 aliphatic heterocycles. The van der Waals surface area contributed by atoms with Gasteiger partial charge in [0.2, 0.25) is 0 Å². The Kier molecular flexibility index (Phi) is 16.1. The number of ether oxygens (including phenoxy) is 5. The van der Waals surface area contributed by atoms with Crippen LogP contribution in [0.15, 0.2) is 102 Å². The molecule has 0 bridgehead atoms. The van der Waals surface area contributed by atoms with Crippen LogP contribution in [0.4, 0.5) is 0 Å². The van der Waals surface area contributed by atoms with Crippen molar-refractivity contribution >= 4 is 11.9 Å². The molecule has 7 nitrogen and oxygen atoms in total. The van der Waals surface area contributed by atoms with Crippen molar-refractivity contribution < 1.29 is 33.3 Å². The second kappa shape index (κ2) is 20.5. The van der Waals surface area contributed by atoms with Crippen LogP contribution in [0.25, 0.3) is 0 Å². The van der Waals surface area contributed by atoms with Crippen LogP contribution in [0, 0.1) is 0 Å². The van der Waals surface area contributed by atoms with Crippen LogP contribution < -0.4 is 14.2 Å². The van der Waals surface area contributed by atoms with Crippen LogP contribution in [0.5, 0.6) is 23.0 Å². The van der Waals surface area contributed by atoms with Crippen molar-refractivity contribution in [1.82, 2.24) is 0 Å². The van der Waals surface area contributed by atoms with Gasteiger partial charge in [0.25, 0.3) is 0 Å². The van der Waals surface area contributed by atoms with Gasteiger partial charge in [-0.15, -0.1) is 0 Å². The number of carbonyl (C=O) groups is 2. The van der Waals surface area contributed by atoms with Gasteiger partial charge in [0.05, 0.1) is 26.4 Å². The summed E-state index contributed by atoms with van der Waals surface area (Å²) in [5, 5.41) is 0. The lowest BCUT2D eigenvalue weighted by Gasteiger charge is -2.17. The van der Waals surface area contributed by atoms with Crippen molar-refractivity contribution in [1.29, 1.82) is 0 Å². The molecule has 3 aromatic rings. The topological polar surface area (TPSA) is 80.3 Å². The molecule has 3 rings (SSSR count). The van der Waals surface area contributed by atoms with Gasteiger partial charge in [-0.05, 0) is 121 Å². The van der Waals surface area contributed by atoms with E-state index in [2.05, 4.69) is 45.9 Å².